The van der Waals surface area contributed by atoms with E-state index in [1.54, 1.807) is 11.3 Å². The van der Waals surface area contributed by atoms with Crippen molar-refractivity contribution >= 4 is 17.2 Å². The summed E-state index contributed by atoms with van der Waals surface area (Å²) in [6.07, 6.45) is 2.29. The van der Waals surface area contributed by atoms with Gasteiger partial charge in [0.05, 0.1) is 6.54 Å². The molecule has 4 rings (SSSR count). The van der Waals surface area contributed by atoms with Gasteiger partial charge in [0, 0.05) is 23.9 Å². The highest BCUT2D eigenvalue weighted by Crippen LogP contribution is 2.39. The number of thiophene rings is 1. The molecular formula is C14H16N4O2S. The molecule has 3 heterocycles. The van der Waals surface area contributed by atoms with Crippen LogP contribution in [0.25, 0.3) is 0 Å². The Bertz CT molecular complexity index is 635. The lowest BCUT2D eigenvalue weighted by Crippen LogP contribution is -2.49. The van der Waals surface area contributed by atoms with Crippen molar-refractivity contribution in [3.8, 4) is 0 Å². The highest BCUT2D eigenvalue weighted by atomic mass is 32.1. The van der Waals surface area contributed by atoms with Crippen molar-refractivity contribution in [2.75, 3.05) is 13.1 Å². The minimum atomic E-state index is -0.248. The predicted octanol–water partition coefficient (Wildman–Crippen LogP) is 1.68. The smallest absolute Gasteiger partial charge is 0.242 e. The standard InChI is InChI=1S/C14H16N4O2S/c19-13-12(10-2-1-7-21-10)18(6-5-15-13)8-11-16-14(20-17-11)9-3-4-9/h1-2,7,9,12H,3-6,8H2,(H,15,19). The molecule has 0 radical (unpaired) electrons. The summed E-state index contributed by atoms with van der Waals surface area (Å²) in [5.41, 5.74) is 0. The summed E-state index contributed by atoms with van der Waals surface area (Å²) >= 11 is 1.60. The Labute approximate surface area is 126 Å². The Morgan fingerprint density at radius 3 is 3.14 bits per heavy atom. The van der Waals surface area contributed by atoms with Gasteiger partial charge in [0.1, 0.15) is 6.04 Å². The zero-order valence-electron chi connectivity index (χ0n) is 11.5. The lowest BCUT2D eigenvalue weighted by Gasteiger charge is -2.33. The minimum absolute atomic E-state index is 0.0506. The second-order valence-electron chi connectivity index (χ2n) is 5.50. The number of aromatic nitrogens is 2. The maximum atomic E-state index is 12.2. The van der Waals surface area contributed by atoms with Crippen LogP contribution >= 0.6 is 11.3 Å². The van der Waals surface area contributed by atoms with Crippen LogP contribution in [0.4, 0.5) is 0 Å². The first-order valence-corrected chi connectivity index (χ1v) is 8.07. The van der Waals surface area contributed by atoms with Crippen LogP contribution in [0.5, 0.6) is 0 Å². The van der Waals surface area contributed by atoms with Crippen molar-refractivity contribution in [1.82, 2.24) is 20.4 Å². The number of piperazine rings is 1. The van der Waals surface area contributed by atoms with Crippen molar-refractivity contribution < 1.29 is 9.32 Å². The Kier molecular flexibility index (Phi) is 3.23. The van der Waals surface area contributed by atoms with Gasteiger partial charge in [-0.2, -0.15) is 4.98 Å². The first-order chi connectivity index (χ1) is 10.3. The van der Waals surface area contributed by atoms with Gasteiger partial charge >= 0.3 is 0 Å². The van der Waals surface area contributed by atoms with Crippen molar-refractivity contribution in [2.24, 2.45) is 0 Å². The zero-order chi connectivity index (χ0) is 14.2. The summed E-state index contributed by atoms with van der Waals surface area (Å²) in [6.45, 7) is 2.00. The molecule has 0 bridgehead atoms. The Morgan fingerprint density at radius 1 is 1.48 bits per heavy atom. The molecule has 1 aliphatic carbocycles. The third kappa shape index (κ3) is 2.58. The van der Waals surface area contributed by atoms with Crippen LogP contribution in [-0.4, -0.2) is 34.0 Å². The molecular weight excluding hydrogens is 288 g/mol. The van der Waals surface area contributed by atoms with Gasteiger partial charge in [0.25, 0.3) is 0 Å². The van der Waals surface area contributed by atoms with Gasteiger partial charge in [0.15, 0.2) is 5.82 Å². The number of carbonyl (C=O) groups excluding carboxylic acids is 1. The number of nitrogens with zero attached hydrogens (tertiary/aromatic N) is 3. The minimum Gasteiger partial charge on any atom is -0.353 e. The molecule has 1 atom stereocenters. The Hall–Kier alpha value is -1.73. The Morgan fingerprint density at radius 2 is 2.38 bits per heavy atom. The molecule has 1 aliphatic heterocycles. The highest BCUT2D eigenvalue weighted by Gasteiger charge is 2.34. The van der Waals surface area contributed by atoms with Gasteiger partial charge in [-0.25, -0.2) is 0 Å². The van der Waals surface area contributed by atoms with E-state index in [0.29, 0.717) is 24.8 Å². The maximum absolute atomic E-state index is 12.2. The van der Waals surface area contributed by atoms with E-state index in [9.17, 15) is 4.79 Å². The average molecular weight is 304 g/mol. The fraction of sp³-hybridized carbons (Fsp3) is 0.500. The molecule has 2 aliphatic rings. The lowest BCUT2D eigenvalue weighted by molar-refractivity contribution is -0.129. The summed E-state index contributed by atoms with van der Waals surface area (Å²) in [6, 6.07) is 3.72. The van der Waals surface area contributed by atoms with Gasteiger partial charge < -0.3 is 9.84 Å². The van der Waals surface area contributed by atoms with Gasteiger partial charge in [0.2, 0.25) is 11.8 Å². The summed E-state index contributed by atoms with van der Waals surface area (Å²) in [5, 5.41) is 8.98. The van der Waals surface area contributed by atoms with Gasteiger partial charge in [-0.3, -0.25) is 9.69 Å². The first kappa shape index (κ1) is 13.0. The van der Waals surface area contributed by atoms with Gasteiger partial charge in [-0.1, -0.05) is 11.2 Å². The number of hydrogen-bond acceptors (Lipinski definition) is 6. The molecule has 1 unspecified atom stereocenters. The van der Waals surface area contributed by atoms with Crippen LogP contribution in [0, 0.1) is 0 Å². The molecule has 0 aromatic carbocycles. The molecule has 2 aromatic rings. The molecule has 1 amide bonds. The van der Waals surface area contributed by atoms with Crippen molar-refractivity contribution in [1.29, 1.82) is 0 Å². The SMILES string of the molecule is O=C1NCCN(Cc2noc(C3CC3)n2)C1c1cccs1. The molecule has 1 saturated carbocycles. The number of hydrogen-bond donors (Lipinski definition) is 1. The second-order valence-corrected chi connectivity index (χ2v) is 6.48. The van der Waals surface area contributed by atoms with Crippen LogP contribution in [0.1, 0.15) is 41.4 Å². The zero-order valence-corrected chi connectivity index (χ0v) is 12.3. The highest BCUT2D eigenvalue weighted by molar-refractivity contribution is 7.10. The molecule has 7 heteroatoms. The summed E-state index contributed by atoms with van der Waals surface area (Å²) in [5.74, 6) is 1.94. The maximum Gasteiger partial charge on any atom is 0.242 e. The molecule has 0 spiro atoms. The van der Waals surface area contributed by atoms with E-state index in [-0.39, 0.29) is 11.9 Å². The van der Waals surface area contributed by atoms with E-state index >= 15 is 0 Å². The fourth-order valence-electron chi connectivity index (χ4n) is 2.65. The van der Waals surface area contributed by atoms with Crippen molar-refractivity contribution in [3.63, 3.8) is 0 Å². The van der Waals surface area contributed by atoms with E-state index in [0.717, 1.165) is 30.2 Å². The number of amides is 1. The summed E-state index contributed by atoms with van der Waals surface area (Å²) in [7, 11) is 0. The quantitative estimate of drug-likeness (QED) is 0.930. The van der Waals surface area contributed by atoms with E-state index in [2.05, 4.69) is 20.4 Å². The van der Waals surface area contributed by atoms with E-state index < -0.39 is 0 Å². The predicted molar refractivity (Wildman–Crippen MR) is 76.8 cm³/mol. The first-order valence-electron chi connectivity index (χ1n) is 7.19. The normalized spacial score (nSPS) is 23.2. The van der Waals surface area contributed by atoms with Crippen LogP contribution in [0.3, 0.4) is 0 Å². The second kappa shape index (κ2) is 5.23. The van der Waals surface area contributed by atoms with Crippen LogP contribution in [0.2, 0.25) is 0 Å². The van der Waals surface area contributed by atoms with E-state index in [1.807, 2.05) is 17.5 Å². The van der Waals surface area contributed by atoms with Gasteiger partial charge in [-0.15, -0.1) is 11.3 Å². The monoisotopic (exact) mass is 304 g/mol. The van der Waals surface area contributed by atoms with Crippen LogP contribution in [-0.2, 0) is 11.3 Å². The molecule has 21 heavy (non-hydrogen) atoms. The number of rotatable bonds is 4. The topological polar surface area (TPSA) is 71.3 Å². The molecule has 110 valence electrons. The molecule has 6 nitrogen and oxygen atoms in total. The summed E-state index contributed by atoms with van der Waals surface area (Å²) < 4.78 is 5.30. The third-order valence-electron chi connectivity index (χ3n) is 3.88. The molecule has 1 N–H and O–H groups in total. The van der Waals surface area contributed by atoms with E-state index in [1.165, 1.54) is 0 Å². The molecule has 2 fully saturated rings. The largest absolute Gasteiger partial charge is 0.353 e. The van der Waals surface area contributed by atoms with E-state index in [4.69, 9.17) is 4.52 Å². The number of nitrogens with one attached hydrogen (secondary N) is 1. The fourth-order valence-corrected chi connectivity index (χ4v) is 3.51. The van der Waals surface area contributed by atoms with Crippen LogP contribution in [0.15, 0.2) is 22.0 Å². The average Bonchev–Trinajstić information content (AvgIpc) is 2.99. The molecule has 1 saturated heterocycles. The van der Waals surface area contributed by atoms with Gasteiger partial charge in [-0.05, 0) is 24.3 Å². The van der Waals surface area contributed by atoms with Crippen molar-refractivity contribution in [3.05, 3.63) is 34.1 Å². The third-order valence-corrected chi connectivity index (χ3v) is 4.80. The summed E-state index contributed by atoms with van der Waals surface area (Å²) in [4.78, 5) is 19.8. The Balaban J connectivity index is 1.54. The number of carbonyl (C=O) groups is 1. The van der Waals surface area contributed by atoms with Crippen LogP contribution < -0.4 is 5.32 Å². The molecule has 2 aromatic heterocycles. The van der Waals surface area contributed by atoms with Crippen molar-refractivity contribution in [2.45, 2.75) is 31.3 Å². The lowest BCUT2D eigenvalue weighted by atomic mass is 10.1.